The van der Waals surface area contributed by atoms with Gasteiger partial charge in [-0.3, -0.25) is 0 Å². The maximum absolute atomic E-state index is 9.34. The molecule has 0 saturated carbocycles. The summed E-state index contributed by atoms with van der Waals surface area (Å²) in [6.45, 7) is 2.15. The van der Waals surface area contributed by atoms with Crippen molar-refractivity contribution in [2.24, 2.45) is 0 Å². The van der Waals surface area contributed by atoms with Crippen LogP contribution in [0.2, 0.25) is 0 Å². The van der Waals surface area contributed by atoms with Crippen LogP contribution in [0, 0.1) is 0 Å². The summed E-state index contributed by atoms with van der Waals surface area (Å²) in [6.07, 6.45) is 3.31. The molecule has 2 rings (SSSR count). The SMILES string of the molecule is CCCCc1ccccc1O.COc1ccccc1. The third-order valence-electron chi connectivity index (χ3n) is 2.77. The Bertz CT molecular complexity index is 452. The van der Waals surface area contributed by atoms with E-state index in [0.717, 1.165) is 24.2 Å². The molecule has 2 heteroatoms. The van der Waals surface area contributed by atoms with Crippen molar-refractivity contribution < 1.29 is 9.84 Å². The minimum atomic E-state index is 0.431. The minimum absolute atomic E-state index is 0.431. The highest BCUT2D eigenvalue weighted by Crippen LogP contribution is 2.17. The smallest absolute Gasteiger partial charge is 0.118 e. The third-order valence-corrected chi connectivity index (χ3v) is 2.77. The van der Waals surface area contributed by atoms with Gasteiger partial charge in [0.15, 0.2) is 0 Å². The topological polar surface area (TPSA) is 29.5 Å². The lowest BCUT2D eigenvalue weighted by atomic mass is 10.1. The number of unbranched alkanes of at least 4 members (excludes halogenated alkanes) is 1. The first kappa shape index (κ1) is 15.1. The number of phenols is 1. The summed E-state index contributed by atoms with van der Waals surface area (Å²) in [5.74, 6) is 1.34. The zero-order chi connectivity index (χ0) is 13.9. The van der Waals surface area contributed by atoms with Crippen LogP contribution in [0.1, 0.15) is 25.3 Å². The number of ether oxygens (including phenoxy) is 1. The van der Waals surface area contributed by atoms with Crippen molar-refractivity contribution in [3.05, 3.63) is 60.2 Å². The lowest BCUT2D eigenvalue weighted by Gasteiger charge is -2.01. The summed E-state index contributed by atoms with van der Waals surface area (Å²) in [5.41, 5.74) is 1.06. The van der Waals surface area contributed by atoms with E-state index < -0.39 is 0 Å². The first-order valence-corrected chi connectivity index (χ1v) is 6.63. The van der Waals surface area contributed by atoms with E-state index in [9.17, 15) is 5.11 Å². The van der Waals surface area contributed by atoms with Crippen LogP contribution in [0.4, 0.5) is 0 Å². The molecule has 0 amide bonds. The van der Waals surface area contributed by atoms with Gasteiger partial charge in [0.2, 0.25) is 0 Å². The van der Waals surface area contributed by atoms with Gasteiger partial charge in [0.1, 0.15) is 11.5 Å². The number of phenolic OH excluding ortho intramolecular Hbond substituents is 1. The number of hydrogen-bond acceptors (Lipinski definition) is 2. The van der Waals surface area contributed by atoms with Gasteiger partial charge in [0, 0.05) is 0 Å². The summed E-state index contributed by atoms with van der Waals surface area (Å²) >= 11 is 0. The van der Waals surface area contributed by atoms with Crippen LogP contribution in [-0.2, 0) is 6.42 Å². The number of aromatic hydroxyl groups is 1. The fourth-order valence-corrected chi connectivity index (χ4v) is 1.65. The Hall–Kier alpha value is -1.96. The highest BCUT2D eigenvalue weighted by Gasteiger charge is 1.96. The highest BCUT2D eigenvalue weighted by molar-refractivity contribution is 5.31. The van der Waals surface area contributed by atoms with E-state index in [-0.39, 0.29) is 0 Å². The fraction of sp³-hybridized carbons (Fsp3) is 0.294. The highest BCUT2D eigenvalue weighted by atomic mass is 16.5. The number of para-hydroxylation sites is 2. The second-order valence-corrected chi connectivity index (χ2v) is 4.25. The summed E-state index contributed by atoms with van der Waals surface area (Å²) in [5, 5.41) is 9.34. The second kappa shape index (κ2) is 9.03. The van der Waals surface area contributed by atoms with E-state index in [1.165, 1.54) is 6.42 Å². The van der Waals surface area contributed by atoms with E-state index in [1.807, 2.05) is 48.5 Å². The van der Waals surface area contributed by atoms with E-state index in [4.69, 9.17) is 4.74 Å². The van der Waals surface area contributed by atoms with Crippen LogP contribution < -0.4 is 4.74 Å². The Labute approximate surface area is 115 Å². The molecule has 0 bridgehead atoms. The van der Waals surface area contributed by atoms with Crippen molar-refractivity contribution in [1.82, 2.24) is 0 Å². The average Bonchev–Trinajstić information content (AvgIpc) is 2.48. The van der Waals surface area contributed by atoms with Gasteiger partial charge in [0.25, 0.3) is 0 Å². The van der Waals surface area contributed by atoms with Gasteiger partial charge in [0.05, 0.1) is 7.11 Å². The number of rotatable bonds is 4. The second-order valence-electron chi connectivity index (χ2n) is 4.25. The van der Waals surface area contributed by atoms with E-state index in [2.05, 4.69) is 6.92 Å². The average molecular weight is 258 g/mol. The first-order valence-electron chi connectivity index (χ1n) is 6.63. The molecule has 0 aromatic heterocycles. The van der Waals surface area contributed by atoms with Crippen molar-refractivity contribution in [2.75, 3.05) is 7.11 Å². The molecule has 102 valence electrons. The maximum Gasteiger partial charge on any atom is 0.118 e. The Morgan fingerprint density at radius 3 is 2.11 bits per heavy atom. The molecule has 0 unspecified atom stereocenters. The van der Waals surface area contributed by atoms with E-state index in [1.54, 1.807) is 13.2 Å². The van der Waals surface area contributed by atoms with Gasteiger partial charge in [-0.1, -0.05) is 49.7 Å². The Morgan fingerprint density at radius 2 is 1.58 bits per heavy atom. The molecular weight excluding hydrogens is 236 g/mol. The quantitative estimate of drug-likeness (QED) is 0.879. The largest absolute Gasteiger partial charge is 0.508 e. The summed E-state index contributed by atoms with van der Waals surface area (Å²) in [6, 6.07) is 17.2. The predicted octanol–water partition coefficient (Wildman–Crippen LogP) is 4.43. The standard InChI is InChI=1S/C10H14O.C7H8O/c1-2-3-6-9-7-4-5-8-10(9)11;1-8-7-5-3-2-4-6-7/h4-5,7-8,11H,2-3,6H2,1H3;2-6H,1H3. The Kier molecular flexibility index (Phi) is 7.18. The van der Waals surface area contributed by atoms with Gasteiger partial charge in [-0.15, -0.1) is 0 Å². The van der Waals surface area contributed by atoms with Crippen LogP contribution in [0.25, 0.3) is 0 Å². The van der Waals surface area contributed by atoms with Gasteiger partial charge in [-0.25, -0.2) is 0 Å². The van der Waals surface area contributed by atoms with Gasteiger partial charge < -0.3 is 9.84 Å². The van der Waals surface area contributed by atoms with Gasteiger partial charge in [-0.2, -0.15) is 0 Å². The van der Waals surface area contributed by atoms with Crippen molar-refractivity contribution in [3.63, 3.8) is 0 Å². The maximum atomic E-state index is 9.34. The molecular formula is C17H22O2. The summed E-state index contributed by atoms with van der Waals surface area (Å²) < 4.78 is 4.91. The lowest BCUT2D eigenvalue weighted by Crippen LogP contribution is -1.83. The Balaban J connectivity index is 0.000000200. The monoisotopic (exact) mass is 258 g/mol. The van der Waals surface area contributed by atoms with Crippen molar-refractivity contribution in [2.45, 2.75) is 26.2 Å². The summed E-state index contributed by atoms with van der Waals surface area (Å²) in [7, 11) is 1.66. The van der Waals surface area contributed by atoms with Crippen molar-refractivity contribution >= 4 is 0 Å². The van der Waals surface area contributed by atoms with Gasteiger partial charge >= 0.3 is 0 Å². The number of hydrogen-bond donors (Lipinski definition) is 1. The molecule has 0 fully saturated rings. The molecule has 2 aromatic carbocycles. The first-order chi connectivity index (χ1) is 9.27. The summed E-state index contributed by atoms with van der Waals surface area (Å²) in [4.78, 5) is 0. The fourth-order valence-electron chi connectivity index (χ4n) is 1.65. The molecule has 1 N–H and O–H groups in total. The third kappa shape index (κ3) is 5.96. The van der Waals surface area contributed by atoms with Crippen molar-refractivity contribution in [3.8, 4) is 11.5 Å². The number of aryl methyl sites for hydroxylation is 1. The molecule has 0 aliphatic heterocycles. The molecule has 0 spiro atoms. The molecule has 0 atom stereocenters. The van der Waals surface area contributed by atoms with Gasteiger partial charge in [-0.05, 0) is 36.6 Å². The molecule has 2 nitrogen and oxygen atoms in total. The van der Waals surface area contributed by atoms with Crippen LogP contribution in [0.3, 0.4) is 0 Å². The van der Waals surface area contributed by atoms with E-state index in [0.29, 0.717) is 5.75 Å². The minimum Gasteiger partial charge on any atom is -0.508 e. The van der Waals surface area contributed by atoms with Crippen LogP contribution in [0.15, 0.2) is 54.6 Å². The molecule has 2 aromatic rings. The van der Waals surface area contributed by atoms with Crippen LogP contribution in [-0.4, -0.2) is 12.2 Å². The normalized spacial score (nSPS) is 9.37. The zero-order valence-corrected chi connectivity index (χ0v) is 11.7. The molecule has 0 radical (unpaired) electrons. The number of benzene rings is 2. The number of methoxy groups -OCH3 is 1. The van der Waals surface area contributed by atoms with Crippen LogP contribution >= 0.6 is 0 Å². The lowest BCUT2D eigenvalue weighted by molar-refractivity contribution is 0.415. The van der Waals surface area contributed by atoms with Crippen molar-refractivity contribution in [1.29, 1.82) is 0 Å². The molecule has 0 aliphatic carbocycles. The van der Waals surface area contributed by atoms with E-state index >= 15 is 0 Å². The van der Waals surface area contributed by atoms with Crippen LogP contribution in [0.5, 0.6) is 11.5 Å². The predicted molar refractivity (Wildman–Crippen MR) is 79.7 cm³/mol. The molecule has 0 heterocycles. The molecule has 19 heavy (non-hydrogen) atoms. The zero-order valence-electron chi connectivity index (χ0n) is 11.7. The molecule has 0 saturated heterocycles. The molecule has 0 aliphatic rings. The Morgan fingerprint density at radius 1 is 0.947 bits per heavy atom.